The van der Waals surface area contributed by atoms with Crippen LogP contribution in [0.4, 0.5) is 0 Å². The molecular weight excluding hydrogens is 394 g/mol. The Morgan fingerprint density at radius 1 is 1.32 bits per heavy atom. The molecule has 3 heterocycles. The number of likely N-dealkylation sites (tertiary alicyclic amines) is 1. The summed E-state index contributed by atoms with van der Waals surface area (Å²) < 4.78 is 5.06. The molecular formula is C23H29N5O3. The van der Waals surface area contributed by atoms with Gasteiger partial charge in [-0.2, -0.15) is 0 Å². The van der Waals surface area contributed by atoms with E-state index in [0.29, 0.717) is 25.5 Å². The third kappa shape index (κ3) is 4.74. The monoisotopic (exact) mass is 423 g/mol. The highest BCUT2D eigenvalue weighted by Gasteiger charge is 2.38. The van der Waals surface area contributed by atoms with Crippen molar-refractivity contribution in [1.82, 2.24) is 25.2 Å². The number of amides is 2. The molecule has 0 unspecified atom stereocenters. The van der Waals surface area contributed by atoms with Crippen LogP contribution in [0.25, 0.3) is 11.4 Å². The molecule has 0 saturated carbocycles. The predicted molar refractivity (Wildman–Crippen MR) is 115 cm³/mol. The van der Waals surface area contributed by atoms with Crippen LogP contribution < -0.4 is 5.32 Å². The van der Waals surface area contributed by atoms with Gasteiger partial charge < -0.3 is 15.0 Å². The Morgan fingerprint density at radius 2 is 2.10 bits per heavy atom. The summed E-state index contributed by atoms with van der Waals surface area (Å²) in [6.07, 6.45) is 7.16. The molecule has 2 atom stereocenters. The van der Waals surface area contributed by atoms with Crippen LogP contribution in [-0.4, -0.2) is 58.5 Å². The van der Waals surface area contributed by atoms with Crippen molar-refractivity contribution in [3.63, 3.8) is 0 Å². The van der Waals surface area contributed by atoms with Crippen LogP contribution in [0.15, 0.2) is 30.7 Å². The standard InChI is InChI=1S/C23H29N5O3/c1-23(2)11-18-17(13-25-21(26-18)15-4-6-24-7-5-15)19(12-23)27-22(30)16-10-20(29)28(14-16)8-9-31-3/h4-7,13,16,19H,8-12,14H2,1-3H3,(H,27,30)/t16-,19+/m0/s1. The van der Waals surface area contributed by atoms with Gasteiger partial charge in [0.15, 0.2) is 5.82 Å². The molecule has 2 aliphatic rings. The zero-order valence-electron chi connectivity index (χ0n) is 18.3. The van der Waals surface area contributed by atoms with Crippen molar-refractivity contribution >= 4 is 11.8 Å². The minimum absolute atomic E-state index is 0.00639. The fourth-order valence-corrected chi connectivity index (χ4v) is 4.47. The molecule has 0 spiro atoms. The first kappa shape index (κ1) is 21.4. The Balaban J connectivity index is 1.52. The highest BCUT2D eigenvalue weighted by Crippen LogP contribution is 2.40. The van der Waals surface area contributed by atoms with E-state index in [2.05, 4.69) is 29.1 Å². The molecule has 2 aromatic heterocycles. The van der Waals surface area contributed by atoms with E-state index in [1.165, 1.54) is 0 Å². The summed E-state index contributed by atoms with van der Waals surface area (Å²) in [5, 5.41) is 3.19. The molecule has 0 aromatic carbocycles. The largest absolute Gasteiger partial charge is 0.383 e. The highest BCUT2D eigenvalue weighted by atomic mass is 16.5. The second-order valence-electron chi connectivity index (χ2n) is 9.17. The van der Waals surface area contributed by atoms with E-state index >= 15 is 0 Å². The minimum Gasteiger partial charge on any atom is -0.383 e. The number of hydrogen-bond acceptors (Lipinski definition) is 6. The number of hydrogen-bond donors (Lipinski definition) is 1. The number of nitrogens with one attached hydrogen (secondary N) is 1. The summed E-state index contributed by atoms with van der Waals surface area (Å²) in [6, 6.07) is 3.61. The molecule has 1 fully saturated rings. The maximum absolute atomic E-state index is 13.0. The number of carbonyl (C=O) groups is 2. The third-order valence-electron chi connectivity index (χ3n) is 6.08. The van der Waals surface area contributed by atoms with Gasteiger partial charge in [0.05, 0.1) is 24.3 Å². The van der Waals surface area contributed by atoms with Crippen LogP contribution in [0.5, 0.6) is 0 Å². The lowest BCUT2D eigenvalue weighted by Gasteiger charge is -2.37. The Hall–Kier alpha value is -2.87. The predicted octanol–water partition coefficient (Wildman–Crippen LogP) is 2.16. The SMILES string of the molecule is COCCN1C[C@@H](C(=O)N[C@@H]2CC(C)(C)Cc3nc(-c4ccncc4)ncc32)CC1=O. The van der Waals surface area contributed by atoms with Crippen molar-refractivity contribution in [2.45, 2.75) is 39.2 Å². The zero-order chi connectivity index (χ0) is 22.0. The molecule has 2 aromatic rings. The fraction of sp³-hybridized carbons (Fsp3) is 0.522. The molecule has 8 nitrogen and oxygen atoms in total. The third-order valence-corrected chi connectivity index (χ3v) is 6.08. The number of fused-ring (bicyclic) bond motifs is 1. The summed E-state index contributed by atoms with van der Waals surface area (Å²) in [7, 11) is 1.61. The quantitative estimate of drug-likeness (QED) is 0.765. The second kappa shape index (κ2) is 8.70. The molecule has 164 valence electrons. The van der Waals surface area contributed by atoms with Crippen molar-refractivity contribution in [1.29, 1.82) is 0 Å². The first-order chi connectivity index (χ1) is 14.9. The molecule has 1 N–H and O–H groups in total. The van der Waals surface area contributed by atoms with Gasteiger partial charge in [0, 0.05) is 56.3 Å². The first-order valence-electron chi connectivity index (χ1n) is 10.7. The Labute approximate surface area is 182 Å². The van der Waals surface area contributed by atoms with Crippen LogP contribution >= 0.6 is 0 Å². The van der Waals surface area contributed by atoms with Gasteiger partial charge in [-0.05, 0) is 30.4 Å². The van der Waals surface area contributed by atoms with Gasteiger partial charge in [0.25, 0.3) is 0 Å². The van der Waals surface area contributed by atoms with Gasteiger partial charge in [-0.1, -0.05) is 13.8 Å². The van der Waals surface area contributed by atoms with Crippen molar-refractivity contribution < 1.29 is 14.3 Å². The molecule has 0 radical (unpaired) electrons. The van der Waals surface area contributed by atoms with Crippen LogP contribution in [-0.2, 0) is 20.7 Å². The number of aromatic nitrogens is 3. The van der Waals surface area contributed by atoms with Crippen molar-refractivity contribution in [2.24, 2.45) is 11.3 Å². The lowest BCUT2D eigenvalue weighted by Crippen LogP contribution is -2.40. The van der Waals surface area contributed by atoms with Crippen molar-refractivity contribution in [3.05, 3.63) is 42.0 Å². The van der Waals surface area contributed by atoms with E-state index in [4.69, 9.17) is 9.72 Å². The molecule has 8 heteroatoms. The lowest BCUT2D eigenvalue weighted by atomic mass is 9.74. The number of nitrogens with zero attached hydrogens (tertiary/aromatic N) is 4. The lowest BCUT2D eigenvalue weighted by molar-refractivity contribution is -0.129. The van der Waals surface area contributed by atoms with E-state index in [9.17, 15) is 9.59 Å². The summed E-state index contributed by atoms with van der Waals surface area (Å²) >= 11 is 0. The molecule has 31 heavy (non-hydrogen) atoms. The smallest absolute Gasteiger partial charge is 0.225 e. The highest BCUT2D eigenvalue weighted by molar-refractivity contribution is 5.89. The molecule has 1 aliphatic carbocycles. The number of methoxy groups -OCH3 is 1. The Morgan fingerprint density at radius 3 is 2.84 bits per heavy atom. The van der Waals surface area contributed by atoms with Crippen LogP contribution in [0.3, 0.4) is 0 Å². The molecule has 4 rings (SSSR count). The molecule has 1 aliphatic heterocycles. The normalized spacial score (nSPS) is 22.3. The summed E-state index contributed by atoms with van der Waals surface area (Å²) in [6.45, 7) is 5.81. The minimum atomic E-state index is -0.338. The fourth-order valence-electron chi connectivity index (χ4n) is 4.47. The second-order valence-corrected chi connectivity index (χ2v) is 9.17. The van der Waals surface area contributed by atoms with E-state index in [-0.39, 0.29) is 35.6 Å². The summed E-state index contributed by atoms with van der Waals surface area (Å²) in [4.78, 5) is 40.4. The molecule has 0 bridgehead atoms. The van der Waals surface area contributed by atoms with Crippen LogP contribution in [0.1, 0.15) is 44.0 Å². The van der Waals surface area contributed by atoms with E-state index in [1.54, 1.807) is 24.4 Å². The Kier molecular flexibility index (Phi) is 6.00. The zero-order valence-corrected chi connectivity index (χ0v) is 18.3. The average Bonchev–Trinajstić information content (AvgIpc) is 3.12. The number of carbonyl (C=O) groups excluding carboxylic acids is 2. The first-order valence-corrected chi connectivity index (χ1v) is 10.7. The van der Waals surface area contributed by atoms with Gasteiger partial charge in [-0.3, -0.25) is 14.6 Å². The number of rotatable bonds is 6. The molecule has 1 saturated heterocycles. The van der Waals surface area contributed by atoms with Crippen molar-refractivity contribution in [2.75, 3.05) is 26.8 Å². The van der Waals surface area contributed by atoms with Gasteiger partial charge in [0.2, 0.25) is 11.8 Å². The van der Waals surface area contributed by atoms with Crippen molar-refractivity contribution in [3.8, 4) is 11.4 Å². The van der Waals surface area contributed by atoms with Crippen LogP contribution in [0, 0.1) is 11.3 Å². The van der Waals surface area contributed by atoms with Gasteiger partial charge in [-0.25, -0.2) is 9.97 Å². The van der Waals surface area contributed by atoms with Gasteiger partial charge >= 0.3 is 0 Å². The maximum atomic E-state index is 13.0. The van der Waals surface area contributed by atoms with E-state index in [0.717, 1.165) is 29.7 Å². The topological polar surface area (TPSA) is 97.3 Å². The van der Waals surface area contributed by atoms with E-state index in [1.807, 2.05) is 18.3 Å². The van der Waals surface area contributed by atoms with Crippen LogP contribution in [0.2, 0.25) is 0 Å². The van der Waals surface area contributed by atoms with Gasteiger partial charge in [0.1, 0.15) is 0 Å². The van der Waals surface area contributed by atoms with E-state index < -0.39 is 0 Å². The number of pyridine rings is 1. The summed E-state index contributed by atoms with van der Waals surface area (Å²) in [5.74, 6) is 0.251. The maximum Gasteiger partial charge on any atom is 0.225 e. The Bertz CT molecular complexity index is 963. The number of ether oxygens (including phenoxy) is 1. The van der Waals surface area contributed by atoms with Gasteiger partial charge in [-0.15, -0.1) is 0 Å². The average molecular weight is 424 g/mol. The summed E-state index contributed by atoms with van der Waals surface area (Å²) in [5.41, 5.74) is 2.84. The molecule has 2 amide bonds.